The Balaban J connectivity index is 2.60. The number of Topliss-reactive ketones (excluding diaryl/α,β-unsaturated/α-hetero) is 1. The van der Waals surface area contributed by atoms with Crippen LogP contribution in [-0.2, 0) is 4.79 Å². The number of nitro groups is 1. The lowest BCUT2D eigenvalue weighted by atomic mass is 10.1. The summed E-state index contributed by atoms with van der Waals surface area (Å²) in [6.07, 6.45) is 1.23. The van der Waals surface area contributed by atoms with E-state index in [1.165, 1.54) is 24.4 Å². The minimum atomic E-state index is -1.57. The van der Waals surface area contributed by atoms with Crippen molar-refractivity contribution in [1.29, 1.82) is 0 Å². The number of ketones is 1. The Bertz CT molecular complexity index is 643. The highest BCUT2D eigenvalue weighted by Crippen LogP contribution is 2.23. The molecule has 0 spiro atoms. The summed E-state index contributed by atoms with van der Waals surface area (Å²) in [7, 11) is 0. The SMILES string of the molecule is O=C(O)C(=O)c1c[nH]c2cc([N+](=O)[O-])ccc12. The molecule has 0 saturated carbocycles. The summed E-state index contributed by atoms with van der Waals surface area (Å²) in [5.74, 6) is -2.62. The Labute approximate surface area is 93.8 Å². The van der Waals surface area contributed by atoms with Gasteiger partial charge in [-0.25, -0.2) is 4.79 Å². The molecule has 0 aliphatic heterocycles. The molecule has 0 saturated heterocycles. The first-order valence-corrected chi connectivity index (χ1v) is 4.54. The third-order valence-electron chi connectivity index (χ3n) is 2.32. The number of hydrogen-bond acceptors (Lipinski definition) is 4. The second-order valence-corrected chi connectivity index (χ2v) is 3.32. The first-order valence-electron chi connectivity index (χ1n) is 4.54. The van der Waals surface area contributed by atoms with Crippen molar-refractivity contribution in [3.05, 3.63) is 40.1 Å². The number of non-ortho nitro benzene ring substituents is 1. The molecule has 7 nitrogen and oxygen atoms in total. The van der Waals surface area contributed by atoms with Gasteiger partial charge in [0.15, 0.2) is 0 Å². The van der Waals surface area contributed by atoms with E-state index in [-0.39, 0.29) is 11.3 Å². The van der Waals surface area contributed by atoms with Gasteiger partial charge in [0.05, 0.1) is 16.0 Å². The second kappa shape index (κ2) is 3.71. The largest absolute Gasteiger partial charge is 0.475 e. The number of H-pyrrole nitrogens is 1. The molecule has 0 aliphatic rings. The fraction of sp³-hybridized carbons (Fsp3) is 0. The van der Waals surface area contributed by atoms with Gasteiger partial charge in [0.25, 0.3) is 11.5 Å². The second-order valence-electron chi connectivity index (χ2n) is 3.32. The van der Waals surface area contributed by atoms with Crippen molar-refractivity contribution in [3.8, 4) is 0 Å². The number of nitrogens with one attached hydrogen (secondary N) is 1. The highest BCUT2D eigenvalue weighted by atomic mass is 16.6. The molecule has 0 amide bonds. The average molecular weight is 234 g/mol. The third-order valence-corrected chi connectivity index (χ3v) is 2.32. The number of aliphatic carboxylic acids is 1. The van der Waals surface area contributed by atoms with E-state index >= 15 is 0 Å². The van der Waals surface area contributed by atoms with Crippen LogP contribution in [0.1, 0.15) is 10.4 Å². The van der Waals surface area contributed by atoms with Crippen LogP contribution >= 0.6 is 0 Å². The van der Waals surface area contributed by atoms with E-state index in [0.29, 0.717) is 10.9 Å². The van der Waals surface area contributed by atoms with Gasteiger partial charge >= 0.3 is 5.97 Å². The predicted molar refractivity (Wildman–Crippen MR) is 56.9 cm³/mol. The van der Waals surface area contributed by atoms with E-state index < -0.39 is 16.7 Å². The lowest BCUT2D eigenvalue weighted by Gasteiger charge is -1.94. The maximum atomic E-state index is 11.3. The van der Waals surface area contributed by atoms with Gasteiger partial charge in [0.1, 0.15) is 0 Å². The van der Waals surface area contributed by atoms with E-state index in [0.717, 1.165) is 0 Å². The van der Waals surface area contributed by atoms with E-state index in [1.54, 1.807) is 0 Å². The number of nitro benzene ring substituents is 1. The van der Waals surface area contributed by atoms with Crippen LogP contribution in [0.5, 0.6) is 0 Å². The predicted octanol–water partition coefficient (Wildman–Crippen LogP) is 1.34. The number of aromatic amines is 1. The molecule has 2 aromatic rings. The third kappa shape index (κ3) is 1.73. The summed E-state index contributed by atoms with van der Waals surface area (Å²) in [5.41, 5.74) is 0.208. The number of carbonyl (C=O) groups excluding carboxylic acids is 1. The molecule has 0 bridgehead atoms. The van der Waals surface area contributed by atoms with E-state index in [1.807, 2.05) is 0 Å². The van der Waals surface area contributed by atoms with Crippen molar-refractivity contribution in [1.82, 2.24) is 4.98 Å². The Morgan fingerprint density at radius 1 is 1.35 bits per heavy atom. The number of fused-ring (bicyclic) bond motifs is 1. The zero-order chi connectivity index (χ0) is 12.6. The van der Waals surface area contributed by atoms with Crippen LogP contribution in [0.3, 0.4) is 0 Å². The van der Waals surface area contributed by atoms with Crippen molar-refractivity contribution >= 4 is 28.3 Å². The molecule has 2 rings (SSSR count). The maximum Gasteiger partial charge on any atom is 0.377 e. The number of hydrogen-bond donors (Lipinski definition) is 2. The molecular formula is C10H6N2O5. The van der Waals surface area contributed by atoms with Gasteiger partial charge in [-0.05, 0) is 6.07 Å². The number of rotatable bonds is 3. The minimum Gasteiger partial charge on any atom is -0.475 e. The molecule has 0 unspecified atom stereocenters. The number of carboxylic acid groups (broad SMARTS) is 1. The zero-order valence-corrected chi connectivity index (χ0v) is 8.34. The fourth-order valence-electron chi connectivity index (χ4n) is 1.53. The fourth-order valence-corrected chi connectivity index (χ4v) is 1.53. The van der Waals surface area contributed by atoms with Gasteiger partial charge in [0.2, 0.25) is 0 Å². The lowest BCUT2D eigenvalue weighted by molar-refractivity contribution is -0.384. The molecule has 1 heterocycles. The van der Waals surface area contributed by atoms with Crippen molar-refractivity contribution in [2.45, 2.75) is 0 Å². The average Bonchev–Trinajstić information content (AvgIpc) is 2.70. The van der Waals surface area contributed by atoms with Crippen LogP contribution in [0.25, 0.3) is 10.9 Å². The molecule has 17 heavy (non-hydrogen) atoms. The molecular weight excluding hydrogens is 228 g/mol. The van der Waals surface area contributed by atoms with Gasteiger partial charge in [-0.15, -0.1) is 0 Å². The number of carboxylic acids is 1. The standard InChI is InChI=1S/C10H6N2O5/c13-9(10(14)15)7-4-11-8-3-5(12(16)17)1-2-6(7)8/h1-4,11H,(H,14,15). The first-order chi connectivity index (χ1) is 8.00. The molecule has 0 fully saturated rings. The molecule has 7 heteroatoms. The van der Waals surface area contributed by atoms with Gasteiger partial charge < -0.3 is 10.1 Å². The lowest BCUT2D eigenvalue weighted by Crippen LogP contribution is -2.11. The van der Waals surface area contributed by atoms with E-state index in [2.05, 4.69) is 4.98 Å². The summed E-state index contributed by atoms with van der Waals surface area (Å²) in [6.45, 7) is 0. The molecule has 0 atom stereocenters. The van der Waals surface area contributed by atoms with Crippen molar-refractivity contribution in [2.75, 3.05) is 0 Å². The highest BCUT2D eigenvalue weighted by Gasteiger charge is 2.19. The number of benzene rings is 1. The van der Waals surface area contributed by atoms with Crippen molar-refractivity contribution in [3.63, 3.8) is 0 Å². The summed E-state index contributed by atoms with van der Waals surface area (Å²) >= 11 is 0. The van der Waals surface area contributed by atoms with Crippen LogP contribution in [0.4, 0.5) is 5.69 Å². The van der Waals surface area contributed by atoms with Gasteiger partial charge in [-0.1, -0.05) is 0 Å². The summed E-state index contributed by atoms with van der Waals surface area (Å²) in [6, 6.07) is 3.81. The molecule has 1 aromatic heterocycles. The number of aromatic nitrogens is 1. The first kappa shape index (κ1) is 10.8. The molecule has 0 radical (unpaired) electrons. The summed E-state index contributed by atoms with van der Waals surface area (Å²) < 4.78 is 0. The van der Waals surface area contributed by atoms with Gasteiger partial charge in [-0.2, -0.15) is 0 Å². The topological polar surface area (TPSA) is 113 Å². The smallest absolute Gasteiger partial charge is 0.377 e. The highest BCUT2D eigenvalue weighted by molar-refractivity contribution is 6.42. The summed E-state index contributed by atoms with van der Waals surface area (Å²) in [5, 5.41) is 19.5. The molecule has 1 aromatic carbocycles. The van der Waals surface area contributed by atoms with Crippen molar-refractivity contribution < 1.29 is 19.6 Å². The maximum absolute atomic E-state index is 11.3. The monoisotopic (exact) mass is 234 g/mol. The zero-order valence-electron chi connectivity index (χ0n) is 8.34. The normalized spacial score (nSPS) is 10.4. The van der Waals surface area contributed by atoms with Crippen molar-refractivity contribution in [2.24, 2.45) is 0 Å². The van der Waals surface area contributed by atoms with Crippen LogP contribution in [0.15, 0.2) is 24.4 Å². The Morgan fingerprint density at radius 2 is 2.06 bits per heavy atom. The number of carbonyl (C=O) groups is 2. The van der Waals surface area contributed by atoms with Gasteiger partial charge in [-0.3, -0.25) is 14.9 Å². The Hall–Kier alpha value is -2.70. The van der Waals surface area contributed by atoms with Crippen LogP contribution in [-0.4, -0.2) is 26.8 Å². The Kier molecular flexibility index (Phi) is 2.36. The van der Waals surface area contributed by atoms with E-state index in [9.17, 15) is 19.7 Å². The quantitative estimate of drug-likeness (QED) is 0.360. The minimum absolute atomic E-state index is 0.0117. The number of nitrogens with zero attached hydrogens (tertiary/aromatic N) is 1. The van der Waals surface area contributed by atoms with Crippen LogP contribution in [0, 0.1) is 10.1 Å². The van der Waals surface area contributed by atoms with Gasteiger partial charge in [0, 0.05) is 23.7 Å². The molecule has 2 N–H and O–H groups in total. The Morgan fingerprint density at radius 3 is 2.65 bits per heavy atom. The van der Waals surface area contributed by atoms with Crippen LogP contribution < -0.4 is 0 Å². The summed E-state index contributed by atoms with van der Waals surface area (Å²) in [4.78, 5) is 34.4. The van der Waals surface area contributed by atoms with Crippen LogP contribution in [0.2, 0.25) is 0 Å². The van der Waals surface area contributed by atoms with E-state index in [4.69, 9.17) is 5.11 Å². The molecule has 86 valence electrons. The molecule has 0 aliphatic carbocycles.